The molecular formula is C17H18BrN3O3S. The van der Waals surface area contributed by atoms with Crippen LogP contribution < -0.4 is 20.9 Å². The zero-order chi connectivity index (χ0) is 18.2. The number of rotatable bonds is 5. The molecule has 2 amide bonds. The maximum absolute atomic E-state index is 11.8. The Kier molecular flexibility index (Phi) is 7.15. The van der Waals surface area contributed by atoms with Gasteiger partial charge in [-0.1, -0.05) is 37.3 Å². The highest BCUT2D eigenvalue weighted by Gasteiger charge is 2.09. The summed E-state index contributed by atoms with van der Waals surface area (Å²) in [5.74, 6) is -0.0644. The van der Waals surface area contributed by atoms with Crippen LogP contribution in [0.2, 0.25) is 0 Å². The van der Waals surface area contributed by atoms with Crippen molar-refractivity contribution < 1.29 is 14.3 Å². The first-order valence-electron chi connectivity index (χ1n) is 7.70. The van der Waals surface area contributed by atoms with Crippen molar-refractivity contribution in [3.05, 3.63) is 40.9 Å². The van der Waals surface area contributed by atoms with Crippen LogP contribution in [0.4, 0.5) is 0 Å². The summed E-state index contributed by atoms with van der Waals surface area (Å²) in [7, 11) is 0. The third-order valence-corrected chi connectivity index (χ3v) is 4.25. The van der Waals surface area contributed by atoms with Gasteiger partial charge in [0.15, 0.2) is 11.7 Å². The molecule has 0 bridgehead atoms. The van der Waals surface area contributed by atoms with E-state index < -0.39 is 5.91 Å². The Balaban J connectivity index is 1.83. The Morgan fingerprint density at radius 1 is 1.12 bits per heavy atom. The van der Waals surface area contributed by atoms with Gasteiger partial charge in [0, 0.05) is 6.42 Å². The largest absolute Gasteiger partial charge is 0.483 e. The molecule has 0 fully saturated rings. The fourth-order valence-electron chi connectivity index (χ4n) is 2.08. The van der Waals surface area contributed by atoms with Crippen LogP contribution in [0.15, 0.2) is 40.9 Å². The molecule has 6 nitrogen and oxygen atoms in total. The molecule has 0 aromatic heterocycles. The number of nitrogens with one attached hydrogen (secondary N) is 3. The lowest BCUT2D eigenvalue weighted by Gasteiger charge is -2.12. The molecule has 132 valence electrons. The van der Waals surface area contributed by atoms with Crippen LogP contribution in [-0.2, 0) is 9.59 Å². The minimum atomic E-state index is -0.424. The number of hydrogen-bond acceptors (Lipinski definition) is 4. The molecule has 0 saturated carbocycles. The minimum Gasteiger partial charge on any atom is -0.483 e. The van der Waals surface area contributed by atoms with E-state index in [0.717, 1.165) is 21.7 Å². The number of ether oxygens (including phenoxy) is 1. The molecule has 25 heavy (non-hydrogen) atoms. The molecule has 3 N–H and O–H groups in total. The topological polar surface area (TPSA) is 79.5 Å². The molecule has 2 rings (SSSR count). The van der Waals surface area contributed by atoms with Crippen LogP contribution in [-0.4, -0.2) is 23.5 Å². The second-order valence-electron chi connectivity index (χ2n) is 5.19. The predicted molar refractivity (Wildman–Crippen MR) is 104 cm³/mol. The van der Waals surface area contributed by atoms with Crippen molar-refractivity contribution in [2.24, 2.45) is 0 Å². The van der Waals surface area contributed by atoms with Crippen LogP contribution >= 0.6 is 28.1 Å². The maximum Gasteiger partial charge on any atom is 0.276 e. The molecule has 0 radical (unpaired) electrons. The first kappa shape index (κ1) is 19.1. The maximum atomic E-state index is 11.8. The van der Waals surface area contributed by atoms with Gasteiger partial charge in [-0.05, 0) is 51.4 Å². The number of thiocarbonyl (C=S) groups is 1. The third-order valence-electron chi connectivity index (χ3n) is 3.23. The molecule has 0 aliphatic rings. The van der Waals surface area contributed by atoms with Crippen molar-refractivity contribution >= 4 is 55.8 Å². The normalized spacial score (nSPS) is 10.2. The number of carbonyl (C=O) groups excluding carboxylic acids is 2. The van der Waals surface area contributed by atoms with Gasteiger partial charge >= 0.3 is 0 Å². The predicted octanol–water partition coefficient (Wildman–Crippen LogP) is 2.80. The lowest BCUT2D eigenvalue weighted by molar-refractivity contribution is -0.124. The molecule has 0 heterocycles. The van der Waals surface area contributed by atoms with Crippen molar-refractivity contribution in [2.45, 2.75) is 19.8 Å². The van der Waals surface area contributed by atoms with E-state index in [1.807, 2.05) is 37.3 Å². The van der Waals surface area contributed by atoms with E-state index in [2.05, 4.69) is 32.1 Å². The van der Waals surface area contributed by atoms with Crippen LogP contribution in [0, 0.1) is 0 Å². The Morgan fingerprint density at radius 2 is 1.88 bits per heavy atom. The van der Waals surface area contributed by atoms with Crippen molar-refractivity contribution in [2.75, 3.05) is 6.61 Å². The zero-order valence-electron chi connectivity index (χ0n) is 13.6. The summed E-state index contributed by atoms with van der Waals surface area (Å²) < 4.78 is 6.31. The Morgan fingerprint density at radius 3 is 2.64 bits per heavy atom. The number of hydrogen-bond donors (Lipinski definition) is 3. The molecule has 8 heteroatoms. The highest BCUT2D eigenvalue weighted by molar-refractivity contribution is 9.10. The average molecular weight is 424 g/mol. The molecule has 0 atom stereocenters. The van der Waals surface area contributed by atoms with Crippen LogP contribution in [0.3, 0.4) is 0 Å². The highest BCUT2D eigenvalue weighted by atomic mass is 79.9. The fraction of sp³-hybridized carbons (Fsp3) is 0.235. The van der Waals surface area contributed by atoms with Crippen LogP contribution in [0.5, 0.6) is 5.75 Å². The molecule has 0 unspecified atom stereocenters. The number of amides is 2. The number of hydrazine groups is 1. The molecule has 0 spiro atoms. The van der Waals surface area contributed by atoms with Gasteiger partial charge in [-0.15, -0.1) is 0 Å². The van der Waals surface area contributed by atoms with Gasteiger partial charge < -0.3 is 10.1 Å². The number of benzene rings is 2. The Labute approximate surface area is 159 Å². The van der Waals surface area contributed by atoms with Gasteiger partial charge in [0.1, 0.15) is 5.75 Å². The van der Waals surface area contributed by atoms with Gasteiger partial charge in [0.25, 0.3) is 5.91 Å². The fourth-order valence-corrected chi connectivity index (χ4v) is 2.85. The van der Waals surface area contributed by atoms with Crippen molar-refractivity contribution in [3.63, 3.8) is 0 Å². The monoisotopic (exact) mass is 423 g/mol. The summed E-state index contributed by atoms with van der Waals surface area (Å²) in [6.07, 6.45) is 1.09. The Hall–Kier alpha value is -2.19. The molecule has 0 aliphatic carbocycles. The Bertz CT molecular complexity index is 798. The molecule has 0 aliphatic heterocycles. The number of fused-ring (bicyclic) bond motifs is 1. The first-order valence-corrected chi connectivity index (χ1v) is 8.90. The average Bonchev–Trinajstić information content (AvgIpc) is 2.60. The highest BCUT2D eigenvalue weighted by Crippen LogP contribution is 2.32. The van der Waals surface area contributed by atoms with Crippen molar-refractivity contribution in [3.8, 4) is 5.75 Å². The molecule has 2 aromatic rings. The van der Waals surface area contributed by atoms with E-state index in [1.165, 1.54) is 0 Å². The lowest BCUT2D eigenvalue weighted by atomic mass is 10.1. The van der Waals surface area contributed by atoms with E-state index in [-0.39, 0.29) is 17.6 Å². The smallest absolute Gasteiger partial charge is 0.276 e. The van der Waals surface area contributed by atoms with Gasteiger partial charge in [0.2, 0.25) is 5.91 Å². The molecule has 2 aromatic carbocycles. The molecule has 0 saturated heterocycles. The van der Waals surface area contributed by atoms with Gasteiger partial charge in [-0.25, -0.2) is 0 Å². The van der Waals surface area contributed by atoms with Crippen molar-refractivity contribution in [1.29, 1.82) is 0 Å². The summed E-state index contributed by atoms with van der Waals surface area (Å²) >= 11 is 8.40. The summed E-state index contributed by atoms with van der Waals surface area (Å²) in [4.78, 5) is 23.2. The van der Waals surface area contributed by atoms with E-state index in [0.29, 0.717) is 12.2 Å². The number of carbonyl (C=O) groups is 2. The van der Waals surface area contributed by atoms with E-state index >= 15 is 0 Å². The van der Waals surface area contributed by atoms with Gasteiger partial charge in [-0.3, -0.25) is 20.4 Å². The standard InChI is InChI=1S/C17H18BrN3O3S/c1-2-5-14(22)19-17(25)21-20-15(23)10-24-13-9-8-11-6-3-4-7-12(11)16(13)18/h3-4,6-9H,2,5,10H2,1H3,(H,20,23)(H2,19,21,22,25). The number of halogens is 1. The van der Waals surface area contributed by atoms with Gasteiger partial charge in [-0.2, -0.15) is 0 Å². The summed E-state index contributed by atoms with van der Waals surface area (Å²) in [6, 6.07) is 11.6. The van der Waals surface area contributed by atoms with Gasteiger partial charge in [0.05, 0.1) is 4.47 Å². The lowest BCUT2D eigenvalue weighted by Crippen LogP contribution is -2.49. The van der Waals surface area contributed by atoms with E-state index in [9.17, 15) is 9.59 Å². The minimum absolute atomic E-state index is 0.0404. The second kappa shape index (κ2) is 9.33. The van der Waals surface area contributed by atoms with Crippen LogP contribution in [0.25, 0.3) is 10.8 Å². The third kappa shape index (κ3) is 5.68. The quantitative estimate of drug-likeness (QED) is 0.508. The first-order chi connectivity index (χ1) is 12.0. The second-order valence-corrected chi connectivity index (χ2v) is 6.39. The van der Waals surface area contributed by atoms with Crippen molar-refractivity contribution in [1.82, 2.24) is 16.2 Å². The van der Waals surface area contributed by atoms with E-state index in [1.54, 1.807) is 6.07 Å². The summed E-state index contributed by atoms with van der Waals surface area (Å²) in [5, 5.41) is 4.57. The summed E-state index contributed by atoms with van der Waals surface area (Å²) in [6.45, 7) is 1.69. The van der Waals surface area contributed by atoms with Crippen LogP contribution in [0.1, 0.15) is 19.8 Å². The molecular weight excluding hydrogens is 406 g/mol. The zero-order valence-corrected chi connectivity index (χ0v) is 16.0. The SMILES string of the molecule is CCCC(=O)NC(=S)NNC(=O)COc1ccc2ccccc2c1Br. The summed E-state index contributed by atoms with van der Waals surface area (Å²) in [5.41, 5.74) is 4.83. The van der Waals surface area contributed by atoms with E-state index in [4.69, 9.17) is 17.0 Å².